The Hall–Kier alpha value is -3.57. The predicted octanol–water partition coefficient (Wildman–Crippen LogP) is 5.64. The van der Waals surface area contributed by atoms with Crippen LogP contribution in [0.4, 0.5) is 5.69 Å². The maximum absolute atomic E-state index is 13.4. The van der Waals surface area contributed by atoms with Crippen LogP contribution < -0.4 is 10.3 Å². The summed E-state index contributed by atoms with van der Waals surface area (Å²) in [5.41, 5.74) is 3.80. The Morgan fingerprint density at radius 2 is 1.63 bits per heavy atom. The first-order valence-electron chi connectivity index (χ1n) is 9.43. The summed E-state index contributed by atoms with van der Waals surface area (Å²) >= 11 is 6.27. The minimum Gasteiger partial charge on any atom is -0.497 e. The van der Waals surface area contributed by atoms with E-state index in [-0.39, 0.29) is 5.56 Å². The highest BCUT2D eigenvalue weighted by Crippen LogP contribution is 2.27. The normalized spacial score (nSPS) is 11.5. The first kappa shape index (κ1) is 19.7. The van der Waals surface area contributed by atoms with Gasteiger partial charge in [-0.05, 0) is 43.3 Å². The van der Waals surface area contributed by atoms with Gasteiger partial charge in [-0.25, -0.2) is 4.68 Å². The third kappa shape index (κ3) is 3.80. The van der Waals surface area contributed by atoms with Crippen LogP contribution in [-0.4, -0.2) is 22.6 Å². The topological polar surface area (TPSA) is 59.4 Å². The number of ether oxygens (including phenoxy) is 1. The number of aliphatic imine (C=N–C) groups is 1. The minimum atomic E-state index is -0.188. The highest BCUT2D eigenvalue weighted by atomic mass is 35.5. The molecule has 5 nitrogen and oxygen atoms in total. The van der Waals surface area contributed by atoms with E-state index in [0.29, 0.717) is 33.4 Å². The number of nitrogens with zero attached hydrogens (tertiary/aromatic N) is 2. The molecule has 0 atom stereocenters. The third-order valence-electron chi connectivity index (χ3n) is 4.79. The van der Waals surface area contributed by atoms with Crippen molar-refractivity contribution in [2.45, 2.75) is 6.92 Å². The quantitative estimate of drug-likeness (QED) is 0.427. The van der Waals surface area contributed by atoms with Crippen molar-refractivity contribution in [2.24, 2.45) is 4.99 Å². The van der Waals surface area contributed by atoms with Crippen molar-refractivity contribution in [1.29, 1.82) is 0 Å². The monoisotopic (exact) mass is 417 g/mol. The second kappa shape index (κ2) is 8.43. The van der Waals surface area contributed by atoms with Crippen LogP contribution in [0, 0.1) is 0 Å². The fourth-order valence-electron chi connectivity index (χ4n) is 3.28. The van der Waals surface area contributed by atoms with Gasteiger partial charge in [0.2, 0.25) is 0 Å². The molecule has 0 aliphatic carbocycles. The molecule has 0 bridgehead atoms. The molecular weight excluding hydrogens is 398 g/mol. The number of halogens is 1. The summed E-state index contributed by atoms with van der Waals surface area (Å²) in [6.45, 7) is 1.82. The van der Waals surface area contributed by atoms with Crippen LogP contribution in [0.5, 0.6) is 5.75 Å². The highest BCUT2D eigenvalue weighted by Gasteiger charge is 2.19. The second-order valence-electron chi connectivity index (χ2n) is 6.72. The van der Waals surface area contributed by atoms with Crippen molar-refractivity contribution in [3.8, 4) is 22.7 Å². The van der Waals surface area contributed by atoms with Gasteiger partial charge in [0.1, 0.15) is 5.75 Å². The Balaban J connectivity index is 1.91. The summed E-state index contributed by atoms with van der Waals surface area (Å²) in [4.78, 5) is 18.1. The van der Waals surface area contributed by atoms with Gasteiger partial charge in [0.15, 0.2) is 0 Å². The van der Waals surface area contributed by atoms with E-state index in [4.69, 9.17) is 16.3 Å². The number of aromatic amines is 1. The number of aromatic nitrogens is 2. The van der Waals surface area contributed by atoms with Crippen LogP contribution >= 0.6 is 11.6 Å². The predicted molar refractivity (Wildman–Crippen MR) is 122 cm³/mol. The lowest BCUT2D eigenvalue weighted by molar-refractivity contribution is 0.414. The number of H-pyrrole nitrogens is 1. The molecule has 0 saturated carbocycles. The minimum absolute atomic E-state index is 0.188. The average Bonchev–Trinajstić information content (AvgIpc) is 3.13. The first-order valence-corrected chi connectivity index (χ1v) is 9.81. The molecule has 0 spiro atoms. The van der Waals surface area contributed by atoms with Crippen LogP contribution in [0.2, 0.25) is 5.02 Å². The van der Waals surface area contributed by atoms with E-state index in [1.165, 1.54) is 4.68 Å². The smallest absolute Gasteiger partial charge is 0.280 e. The van der Waals surface area contributed by atoms with Crippen molar-refractivity contribution in [1.82, 2.24) is 9.78 Å². The zero-order valence-corrected chi connectivity index (χ0v) is 17.4. The van der Waals surface area contributed by atoms with Gasteiger partial charge in [-0.2, -0.15) is 0 Å². The summed E-state index contributed by atoms with van der Waals surface area (Å²) in [7, 11) is 1.61. The summed E-state index contributed by atoms with van der Waals surface area (Å²) in [5, 5.41) is 3.78. The van der Waals surface area contributed by atoms with E-state index in [2.05, 4.69) is 10.1 Å². The molecule has 0 aliphatic rings. The van der Waals surface area contributed by atoms with E-state index in [9.17, 15) is 4.79 Å². The Kier molecular flexibility index (Phi) is 5.55. The van der Waals surface area contributed by atoms with Crippen molar-refractivity contribution in [2.75, 3.05) is 7.11 Å². The van der Waals surface area contributed by atoms with Crippen molar-refractivity contribution >= 4 is 23.0 Å². The van der Waals surface area contributed by atoms with Gasteiger partial charge >= 0.3 is 0 Å². The van der Waals surface area contributed by atoms with Gasteiger partial charge in [-0.15, -0.1) is 0 Å². The van der Waals surface area contributed by atoms with E-state index < -0.39 is 0 Å². The summed E-state index contributed by atoms with van der Waals surface area (Å²) in [6.07, 6.45) is 0. The number of hydrogen-bond donors (Lipinski definition) is 1. The average molecular weight is 418 g/mol. The van der Waals surface area contributed by atoms with Crippen molar-refractivity contribution in [3.63, 3.8) is 0 Å². The molecule has 4 rings (SSSR count). The second-order valence-corrected chi connectivity index (χ2v) is 7.12. The van der Waals surface area contributed by atoms with Gasteiger partial charge < -0.3 is 4.74 Å². The van der Waals surface area contributed by atoms with Crippen LogP contribution in [0.15, 0.2) is 88.6 Å². The van der Waals surface area contributed by atoms with E-state index in [1.54, 1.807) is 13.2 Å². The summed E-state index contributed by atoms with van der Waals surface area (Å²) in [5.74, 6) is 0.721. The molecule has 0 unspecified atom stereocenters. The van der Waals surface area contributed by atoms with Gasteiger partial charge in [-0.3, -0.25) is 14.9 Å². The Morgan fingerprint density at radius 3 is 2.30 bits per heavy atom. The lowest BCUT2D eigenvalue weighted by atomic mass is 10.1. The molecule has 3 aromatic carbocycles. The van der Waals surface area contributed by atoms with Crippen LogP contribution in [0.1, 0.15) is 12.5 Å². The number of nitrogens with one attached hydrogen (secondary N) is 1. The van der Waals surface area contributed by atoms with Crippen molar-refractivity contribution in [3.05, 3.63) is 99.8 Å². The number of benzene rings is 3. The molecule has 0 amide bonds. The summed E-state index contributed by atoms with van der Waals surface area (Å²) in [6, 6.07) is 24.3. The van der Waals surface area contributed by atoms with Gasteiger partial charge in [0, 0.05) is 5.56 Å². The van der Waals surface area contributed by atoms with Gasteiger partial charge in [-0.1, -0.05) is 54.1 Å². The fraction of sp³-hybridized carbons (Fsp3) is 0.0833. The zero-order chi connectivity index (χ0) is 21.1. The molecule has 6 heteroatoms. The van der Waals surface area contributed by atoms with E-state index in [1.807, 2.05) is 79.7 Å². The number of methoxy groups -OCH3 is 1. The van der Waals surface area contributed by atoms with E-state index in [0.717, 1.165) is 11.3 Å². The Bertz CT molecular complexity index is 1260. The van der Waals surface area contributed by atoms with Crippen LogP contribution in [0.25, 0.3) is 16.9 Å². The fourth-order valence-corrected chi connectivity index (χ4v) is 3.46. The molecule has 4 aromatic rings. The maximum atomic E-state index is 13.4. The first-order chi connectivity index (χ1) is 14.6. The summed E-state index contributed by atoms with van der Waals surface area (Å²) < 4.78 is 6.74. The Morgan fingerprint density at radius 1 is 0.967 bits per heavy atom. The van der Waals surface area contributed by atoms with Gasteiger partial charge in [0.25, 0.3) is 5.56 Å². The lowest BCUT2D eigenvalue weighted by Gasteiger charge is -2.04. The molecule has 0 radical (unpaired) electrons. The standard InChI is InChI=1S/C24H20ClN3O2/c1-16(26-21-11-7-6-10-20(21)25)22-23(17-8-4-3-5-9-17)27-28(24(22)29)18-12-14-19(30-2)15-13-18/h3-15,27H,1-2H3. The molecular formula is C24H20ClN3O2. The number of hydrogen-bond acceptors (Lipinski definition) is 3. The number of rotatable bonds is 5. The van der Waals surface area contributed by atoms with Crippen molar-refractivity contribution < 1.29 is 4.74 Å². The molecule has 0 aliphatic heterocycles. The molecule has 30 heavy (non-hydrogen) atoms. The van der Waals surface area contributed by atoms with E-state index >= 15 is 0 Å². The largest absolute Gasteiger partial charge is 0.497 e. The number of para-hydroxylation sites is 1. The molecule has 0 fully saturated rings. The van der Waals surface area contributed by atoms with Crippen LogP contribution in [0.3, 0.4) is 0 Å². The molecule has 1 N–H and O–H groups in total. The van der Waals surface area contributed by atoms with Crippen LogP contribution in [-0.2, 0) is 0 Å². The molecule has 1 heterocycles. The zero-order valence-electron chi connectivity index (χ0n) is 16.6. The SMILES string of the molecule is COc1ccc(-n2[nH]c(-c3ccccc3)c(C(C)=Nc3ccccc3Cl)c2=O)cc1. The molecule has 1 aromatic heterocycles. The lowest BCUT2D eigenvalue weighted by Crippen LogP contribution is -2.19. The molecule has 150 valence electrons. The molecule has 0 saturated heterocycles. The van der Waals surface area contributed by atoms with Gasteiger partial charge in [0.05, 0.1) is 40.5 Å². The Labute approximate surface area is 179 Å². The highest BCUT2D eigenvalue weighted by molar-refractivity contribution is 6.33. The third-order valence-corrected chi connectivity index (χ3v) is 5.11. The maximum Gasteiger partial charge on any atom is 0.280 e.